The first-order valence-corrected chi connectivity index (χ1v) is 5.19. The first-order valence-electron chi connectivity index (χ1n) is 5.19. The summed E-state index contributed by atoms with van der Waals surface area (Å²) < 4.78 is 9.99. The van der Waals surface area contributed by atoms with Crippen LogP contribution < -0.4 is 5.32 Å². The zero-order valence-electron chi connectivity index (χ0n) is 9.86. The summed E-state index contributed by atoms with van der Waals surface area (Å²) >= 11 is 0. The number of imide groups is 1. The fraction of sp³-hybridized carbons (Fsp3) is 0.800. The summed E-state index contributed by atoms with van der Waals surface area (Å²) in [6.45, 7) is 0.422. The Balaban J connectivity index is 2.43. The molecule has 1 N–H and O–H groups in total. The monoisotopic (exact) mass is 230 g/mol. The van der Waals surface area contributed by atoms with Gasteiger partial charge in [0.1, 0.15) is 0 Å². The third-order valence-corrected chi connectivity index (χ3v) is 2.71. The van der Waals surface area contributed by atoms with Gasteiger partial charge in [-0.05, 0) is 6.42 Å². The highest BCUT2D eigenvalue weighted by Crippen LogP contribution is 2.11. The molecular formula is C10H18N2O4. The van der Waals surface area contributed by atoms with Gasteiger partial charge in [0, 0.05) is 34.2 Å². The van der Waals surface area contributed by atoms with Gasteiger partial charge in [-0.15, -0.1) is 0 Å². The van der Waals surface area contributed by atoms with Crippen LogP contribution in [0, 0.1) is 0 Å². The molecule has 16 heavy (non-hydrogen) atoms. The van der Waals surface area contributed by atoms with Crippen molar-refractivity contribution in [2.75, 3.05) is 27.8 Å². The van der Waals surface area contributed by atoms with E-state index >= 15 is 0 Å². The number of likely N-dealkylation sites (N-methyl/N-ethyl adjacent to an activating group) is 1. The lowest BCUT2D eigenvalue weighted by Gasteiger charge is -2.29. The van der Waals surface area contributed by atoms with Crippen LogP contribution in [0.15, 0.2) is 0 Å². The van der Waals surface area contributed by atoms with Gasteiger partial charge < -0.3 is 14.8 Å². The summed E-state index contributed by atoms with van der Waals surface area (Å²) in [5.74, 6) is -0.319. The third kappa shape index (κ3) is 3.01. The van der Waals surface area contributed by atoms with Crippen LogP contribution in [0.3, 0.4) is 0 Å². The average molecular weight is 230 g/mol. The molecule has 0 saturated carbocycles. The van der Waals surface area contributed by atoms with Crippen LogP contribution in [0.2, 0.25) is 0 Å². The van der Waals surface area contributed by atoms with Crippen LogP contribution >= 0.6 is 0 Å². The smallest absolute Gasteiger partial charge is 0.246 e. The second-order valence-corrected chi connectivity index (χ2v) is 3.69. The maximum absolute atomic E-state index is 11.7. The molecule has 1 fully saturated rings. The Morgan fingerprint density at radius 1 is 1.44 bits per heavy atom. The van der Waals surface area contributed by atoms with E-state index in [-0.39, 0.29) is 24.1 Å². The van der Waals surface area contributed by atoms with Crippen molar-refractivity contribution in [2.24, 2.45) is 0 Å². The number of rotatable bonds is 5. The molecule has 0 aromatic rings. The van der Waals surface area contributed by atoms with E-state index in [1.165, 1.54) is 21.3 Å². The van der Waals surface area contributed by atoms with Gasteiger partial charge in [-0.2, -0.15) is 0 Å². The minimum absolute atomic E-state index is 0.127. The average Bonchev–Trinajstić information content (AvgIpc) is 2.30. The van der Waals surface area contributed by atoms with Gasteiger partial charge in [0.15, 0.2) is 6.29 Å². The summed E-state index contributed by atoms with van der Waals surface area (Å²) in [5.41, 5.74) is 0. The second-order valence-electron chi connectivity index (χ2n) is 3.69. The van der Waals surface area contributed by atoms with Gasteiger partial charge >= 0.3 is 0 Å². The SMILES string of the molecule is COC(CNC1CCC(=O)N(C)C1=O)OC. The number of carbonyl (C=O) groups excluding carboxylic acids is 2. The molecule has 6 heteroatoms. The summed E-state index contributed by atoms with van der Waals surface area (Å²) in [5, 5.41) is 3.03. The maximum Gasteiger partial charge on any atom is 0.246 e. The van der Waals surface area contributed by atoms with Crippen LogP contribution in [-0.4, -0.2) is 56.9 Å². The van der Waals surface area contributed by atoms with Gasteiger partial charge in [0.2, 0.25) is 11.8 Å². The predicted octanol–water partition coefficient (Wildman–Crippen LogP) is -0.658. The first kappa shape index (κ1) is 13.1. The normalized spacial score (nSPS) is 22.0. The van der Waals surface area contributed by atoms with Crippen molar-refractivity contribution < 1.29 is 19.1 Å². The van der Waals surface area contributed by atoms with Crippen LogP contribution in [0.1, 0.15) is 12.8 Å². The van der Waals surface area contributed by atoms with E-state index in [4.69, 9.17) is 9.47 Å². The molecule has 6 nitrogen and oxygen atoms in total. The van der Waals surface area contributed by atoms with E-state index in [0.717, 1.165) is 4.90 Å². The Hall–Kier alpha value is -0.980. The van der Waals surface area contributed by atoms with Crippen LogP contribution in [-0.2, 0) is 19.1 Å². The molecule has 1 aliphatic rings. The Kier molecular flexibility index (Phi) is 4.85. The predicted molar refractivity (Wildman–Crippen MR) is 56.6 cm³/mol. The lowest BCUT2D eigenvalue weighted by atomic mass is 10.0. The van der Waals surface area contributed by atoms with Crippen molar-refractivity contribution in [2.45, 2.75) is 25.2 Å². The van der Waals surface area contributed by atoms with Crippen LogP contribution in [0.25, 0.3) is 0 Å². The van der Waals surface area contributed by atoms with E-state index < -0.39 is 0 Å². The molecule has 1 aliphatic heterocycles. The number of piperidine rings is 1. The Morgan fingerprint density at radius 3 is 2.62 bits per heavy atom. The third-order valence-electron chi connectivity index (χ3n) is 2.71. The Morgan fingerprint density at radius 2 is 2.06 bits per heavy atom. The molecular weight excluding hydrogens is 212 g/mol. The van der Waals surface area contributed by atoms with E-state index in [1.54, 1.807) is 0 Å². The van der Waals surface area contributed by atoms with E-state index in [9.17, 15) is 9.59 Å². The number of nitrogens with one attached hydrogen (secondary N) is 1. The van der Waals surface area contributed by atoms with Gasteiger partial charge in [-0.25, -0.2) is 0 Å². The number of hydrogen-bond donors (Lipinski definition) is 1. The molecule has 1 rings (SSSR count). The van der Waals surface area contributed by atoms with Gasteiger partial charge in [0.05, 0.1) is 6.04 Å². The Labute approximate surface area is 94.9 Å². The molecule has 2 amide bonds. The second kappa shape index (κ2) is 5.93. The molecule has 0 bridgehead atoms. The largest absolute Gasteiger partial charge is 0.355 e. The molecule has 1 unspecified atom stereocenters. The van der Waals surface area contributed by atoms with Gasteiger partial charge in [0.25, 0.3) is 0 Å². The lowest BCUT2D eigenvalue weighted by molar-refractivity contribution is -0.148. The van der Waals surface area contributed by atoms with Gasteiger partial charge in [-0.1, -0.05) is 0 Å². The summed E-state index contributed by atoms with van der Waals surface area (Å²) in [6, 6.07) is -0.324. The number of carbonyl (C=O) groups is 2. The number of nitrogens with zero attached hydrogens (tertiary/aromatic N) is 1. The minimum atomic E-state index is -0.379. The summed E-state index contributed by atoms with van der Waals surface area (Å²) in [4.78, 5) is 24.1. The molecule has 0 spiro atoms. The molecule has 0 aromatic carbocycles. The van der Waals surface area contributed by atoms with Crippen molar-refractivity contribution in [1.82, 2.24) is 10.2 Å². The molecule has 0 radical (unpaired) electrons. The van der Waals surface area contributed by atoms with Crippen molar-refractivity contribution in [1.29, 1.82) is 0 Å². The number of hydrogen-bond acceptors (Lipinski definition) is 5. The highest BCUT2D eigenvalue weighted by molar-refractivity contribution is 6.00. The van der Waals surface area contributed by atoms with Crippen molar-refractivity contribution in [3.63, 3.8) is 0 Å². The van der Waals surface area contributed by atoms with Gasteiger partial charge in [-0.3, -0.25) is 14.5 Å². The number of methoxy groups -OCH3 is 2. The first-order chi connectivity index (χ1) is 7.60. The fourth-order valence-electron chi connectivity index (χ4n) is 1.61. The van der Waals surface area contributed by atoms with Crippen molar-refractivity contribution >= 4 is 11.8 Å². The minimum Gasteiger partial charge on any atom is -0.355 e. The number of ether oxygens (including phenoxy) is 2. The Bertz CT molecular complexity index is 266. The number of amides is 2. The highest BCUT2D eigenvalue weighted by atomic mass is 16.7. The molecule has 1 heterocycles. The maximum atomic E-state index is 11.7. The van der Waals surface area contributed by atoms with Crippen LogP contribution in [0.4, 0.5) is 0 Å². The highest BCUT2D eigenvalue weighted by Gasteiger charge is 2.31. The van der Waals surface area contributed by atoms with Crippen molar-refractivity contribution in [3.05, 3.63) is 0 Å². The number of likely N-dealkylation sites (tertiary alicyclic amines) is 1. The van der Waals surface area contributed by atoms with Crippen LogP contribution in [0.5, 0.6) is 0 Å². The molecule has 92 valence electrons. The van der Waals surface area contributed by atoms with E-state index in [2.05, 4.69) is 5.32 Å². The van der Waals surface area contributed by atoms with E-state index in [0.29, 0.717) is 19.4 Å². The standard InChI is InChI=1S/C10H18N2O4/c1-12-8(13)5-4-7(10(12)14)11-6-9(15-2)16-3/h7,9,11H,4-6H2,1-3H3. The molecule has 1 saturated heterocycles. The quantitative estimate of drug-likeness (QED) is 0.502. The van der Waals surface area contributed by atoms with Crippen molar-refractivity contribution in [3.8, 4) is 0 Å². The lowest BCUT2D eigenvalue weighted by Crippen LogP contribution is -2.52. The topological polar surface area (TPSA) is 67.9 Å². The molecule has 0 aromatic heterocycles. The molecule has 1 atom stereocenters. The molecule has 0 aliphatic carbocycles. The fourth-order valence-corrected chi connectivity index (χ4v) is 1.61. The zero-order valence-corrected chi connectivity index (χ0v) is 9.86. The summed E-state index contributed by atoms with van der Waals surface area (Å²) in [7, 11) is 4.57. The van der Waals surface area contributed by atoms with E-state index in [1.807, 2.05) is 0 Å². The summed E-state index contributed by atoms with van der Waals surface area (Å²) in [6.07, 6.45) is 0.544. The zero-order chi connectivity index (χ0) is 12.1.